The Morgan fingerprint density at radius 3 is 2.44 bits per heavy atom. The molecule has 2 aromatic carbocycles. The van der Waals surface area contributed by atoms with Gasteiger partial charge in [0.15, 0.2) is 11.5 Å². The van der Waals surface area contributed by atoms with Crippen LogP contribution in [0.1, 0.15) is 36.8 Å². The van der Waals surface area contributed by atoms with Gasteiger partial charge in [-0.05, 0) is 49.2 Å². The SMILES string of the molecule is COc1cc2c(cc1OC)-c1c(c3cc(C(F)(F)F)ccc3n1CC(=O)NCCCCCCN)CC(=O)N2.Cl. The predicted molar refractivity (Wildman–Crippen MR) is 146 cm³/mol. The zero-order valence-electron chi connectivity index (χ0n) is 21.7. The molecule has 0 spiro atoms. The Morgan fingerprint density at radius 1 is 1.08 bits per heavy atom. The van der Waals surface area contributed by atoms with Crippen molar-refractivity contribution in [2.45, 2.75) is 44.8 Å². The first-order valence-corrected chi connectivity index (χ1v) is 12.4. The summed E-state index contributed by atoms with van der Waals surface area (Å²) >= 11 is 0. The van der Waals surface area contributed by atoms with Gasteiger partial charge < -0.3 is 30.4 Å². The van der Waals surface area contributed by atoms with Crippen molar-refractivity contribution in [1.82, 2.24) is 9.88 Å². The normalized spacial score (nSPS) is 12.6. The summed E-state index contributed by atoms with van der Waals surface area (Å²) in [6.07, 6.45) is -1.09. The third kappa shape index (κ3) is 6.42. The molecule has 0 aliphatic carbocycles. The summed E-state index contributed by atoms with van der Waals surface area (Å²) in [5.74, 6) is 0.0806. The van der Waals surface area contributed by atoms with Crippen LogP contribution in [0.3, 0.4) is 0 Å². The Morgan fingerprint density at radius 2 is 1.77 bits per heavy atom. The van der Waals surface area contributed by atoms with Crippen LogP contribution in [0.2, 0.25) is 0 Å². The minimum absolute atomic E-state index is 0. The van der Waals surface area contributed by atoms with Gasteiger partial charge in [0.2, 0.25) is 11.8 Å². The molecule has 0 radical (unpaired) electrons. The molecule has 8 nitrogen and oxygen atoms in total. The molecule has 0 bridgehead atoms. The second-order valence-electron chi connectivity index (χ2n) is 9.17. The number of hydrogen-bond acceptors (Lipinski definition) is 5. The molecule has 1 aliphatic rings. The topological polar surface area (TPSA) is 108 Å². The van der Waals surface area contributed by atoms with Gasteiger partial charge in [-0.15, -0.1) is 12.4 Å². The number of carbonyl (C=O) groups excluding carboxylic acids is 2. The number of unbranched alkanes of at least 4 members (excludes halogenated alkanes) is 3. The number of rotatable bonds is 10. The first-order chi connectivity index (χ1) is 18.2. The second kappa shape index (κ2) is 12.6. The van der Waals surface area contributed by atoms with Crippen LogP contribution in [-0.2, 0) is 28.7 Å². The quantitative estimate of drug-likeness (QED) is 0.302. The lowest BCUT2D eigenvalue weighted by Gasteiger charge is -2.17. The lowest BCUT2D eigenvalue weighted by Crippen LogP contribution is -2.28. The van der Waals surface area contributed by atoms with Crippen LogP contribution in [-0.4, -0.2) is 43.7 Å². The van der Waals surface area contributed by atoms with Gasteiger partial charge in [-0.25, -0.2) is 0 Å². The van der Waals surface area contributed by atoms with Crippen LogP contribution in [0.4, 0.5) is 18.9 Å². The minimum Gasteiger partial charge on any atom is -0.493 e. The lowest BCUT2D eigenvalue weighted by molar-refractivity contribution is -0.137. The minimum atomic E-state index is -4.56. The Labute approximate surface area is 230 Å². The number of aromatic nitrogens is 1. The highest BCUT2D eigenvalue weighted by Gasteiger charge is 2.33. The monoisotopic (exact) mass is 568 g/mol. The van der Waals surface area contributed by atoms with Crippen molar-refractivity contribution in [3.05, 3.63) is 41.5 Å². The van der Waals surface area contributed by atoms with Gasteiger partial charge in [0.25, 0.3) is 0 Å². The average molecular weight is 569 g/mol. The molecule has 4 rings (SSSR count). The van der Waals surface area contributed by atoms with E-state index in [0.29, 0.717) is 52.6 Å². The number of carbonyl (C=O) groups is 2. The number of fused-ring (bicyclic) bond motifs is 5. The fourth-order valence-electron chi connectivity index (χ4n) is 4.83. The summed E-state index contributed by atoms with van der Waals surface area (Å²) < 4.78 is 53.3. The van der Waals surface area contributed by atoms with Crippen molar-refractivity contribution < 1.29 is 32.2 Å². The summed E-state index contributed by atoms with van der Waals surface area (Å²) in [6.45, 7) is 0.969. The van der Waals surface area contributed by atoms with Crippen LogP contribution in [0, 0.1) is 0 Å². The van der Waals surface area contributed by atoms with Gasteiger partial charge in [-0.3, -0.25) is 9.59 Å². The second-order valence-corrected chi connectivity index (χ2v) is 9.17. The molecule has 4 N–H and O–H groups in total. The van der Waals surface area contributed by atoms with Gasteiger partial charge in [0.05, 0.1) is 37.6 Å². The number of ether oxygens (including phenoxy) is 2. The summed E-state index contributed by atoms with van der Waals surface area (Å²) in [4.78, 5) is 25.8. The molecule has 2 amide bonds. The van der Waals surface area contributed by atoms with Gasteiger partial charge in [0.1, 0.15) is 6.54 Å². The number of methoxy groups -OCH3 is 2. The van der Waals surface area contributed by atoms with Gasteiger partial charge >= 0.3 is 6.18 Å². The van der Waals surface area contributed by atoms with E-state index in [2.05, 4.69) is 10.6 Å². The molecular formula is C27H32ClF3N4O4. The third-order valence-corrected chi connectivity index (χ3v) is 6.64. The highest BCUT2D eigenvalue weighted by molar-refractivity contribution is 6.06. The zero-order chi connectivity index (χ0) is 27.4. The van der Waals surface area contributed by atoms with Crippen LogP contribution >= 0.6 is 12.4 Å². The van der Waals surface area contributed by atoms with Crippen LogP contribution in [0.15, 0.2) is 30.3 Å². The number of alkyl halides is 3. The maximum absolute atomic E-state index is 13.6. The third-order valence-electron chi connectivity index (χ3n) is 6.64. The van der Waals surface area contributed by atoms with Crippen LogP contribution in [0.5, 0.6) is 11.5 Å². The van der Waals surface area contributed by atoms with Gasteiger partial charge in [-0.2, -0.15) is 13.2 Å². The maximum atomic E-state index is 13.6. The number of nitrogens with zero attached hydrogens (tertiary/aromatic N) is 1. The Kier molecular flexibility index (Phi) is 9.73. The number of amides is 2. The van der Waals surface area contributed by atoms with Crippen molar-refractivity contribution in [2.75, 3.05) is 32.6 Å². The fourth-order valence-corrected chi connectivity index (χ4v) is 4.83. The molecule has 1 aromatic heterocycles. The highest BCUT2D eigenvalue weighted by atomic mass is 35.5. The van der Waals surface area contributed by atoms with E-state index < -0.39 is 17.6 Å². The zero-order valence-corrected chi connectivity index (χ0v) is 22.6. The van der Waals surface area contributed by atoms with E-state index in [4.69, 9.17) is 15.2 Å². The molecule has 39 heavy (non-hydrogen) atoms. The molecule has 0 atom stereocenters. The molecular weight excluding hydrogens is 537 g/mol. The number of halogens is 4. The summed E-state index contributed by atoms with van der Waals surface area (Å²) in [6, 6.07) is 6.65. The molecule has 3 aromatic rings. The van der Waals surface area contributed by atoms with E-state index in [0.717, 1.165) is 37.8 Å². The van der Waals surface area contributed by atoms with Crippen LogP contribution < -0.4 is 25.8 Å². The average Bonchev–Trinajstić information content (AvgIpc) is 3.08. The van der Waals surface area contributed by atoms with Crippen LogP contribution in [0.25, 0.3) is 22.2 Å². The molecule has 0 unspecified atom stereocenters. The van der Waals surface area contributed by atoms with E-state index in [1.54, 1.807) is 16.7 Å². The molecule has 12 heteroatoms. The molecule has 1 aliphatic heterocycles. The van der Waals surface area contributed by atoms with Crippen molar-refractivity contribution in [3.63, 3.8) is 0 Å². The van der Waals surface area contributed by atoms with E-state index in [-0.39, 0.29) is 36.7 Å². The summed E-state index contributed by atoms with van der Waals surface area (Å²) in [5, 5.41) is 5.97. The van der Waals surface area contributed by atoms with E-state index >= 15 is 0 Å². The number of anilines is 1. The lowest BCUT2D eigenvalue weighted by atomic mass is 10.0. The van der Waals surface area contributed by atoms with Crippen molar-refractivity contribution in [1.29, 1.82) is 0 Å². The first kappa shape index (κ1) is 30.1. The van der Waals surface area contributed by atoms with Crippen molar-refractivity contribution >= 4 is 40.8 Å². The molecule has 212 valence electrons. The molecule has 0 saturated heterocycles. The molecule has 0 fully saturated rings. The number of nitrogens with two attached hydrogens (primary N) is 1. The summed E-state index contributed by atoms with van der Waals surface area (Å²) in [7, 11) is 2.93. The number of hydrogen-bond donors (Lipinski definition) is 3. The van der Waals surface area contributed by atoms with E-state index in [1.807, 2.05) is 0 Å². The Hall–Kier alpha value is -3.44. The molecule has 2 heterocycles. The van der Waals surface area contributed by atoms with E-state index in [1.165, 1.54) is 20.3 Å². The maximum Gasteiger partial charge on any atom is 0.416 e. The largest absolute Gasteiger partial charge is 0.493 e. The smallest absolute Gasteiger partial charge is 0.416 e. The highest BCUT2D eigenvalue weighted by Crippen LogP contribution is 2.45. The van der Waals surface area contributed by atoms with E-state index in [9.17, 15) is 22.8 Å². The number of benzene rings is 2. The Bertz CT molecular complexity index is 1360. The standard InChI is InChI=1S/C27H31F3N4O4.ClH/c1-37-22-12-19-20(14-23(22)38-2)33-24(35)13-18-17-11-16(27(28,29)30)7-8-21(17)34(26(18)19)15-25(36)32-10-6-4-3-5-9-31;/h7-8,11-12,14H,3-6,9-10,13,15,31H2,1-2H3,(H,32,36)(H,33,35);1H. The van der Waals surface area contributed by atoms with Crippen molar-refractivity contribution in [2.24, 2.45) is 5.73 Å². The number of nitrogens with one attached hydrogen (secondary N) is 2. The van der Waals surface area contributed by atoms with Gasteiger partial charge in [0, 0.05) is 29.1 Å². The predicted octanol–water partition coefficient (Wildman–Crippen LogP) is 4.90. The van der Waals surface area contributed by atoms with Gasteiger partial charge in [-0.1, -0.05) is 12.8 Å². The van der Waals surface area contributed by atoms with Crippen molar-refractivity contribution in [3.8, 4) is 22.8 Å². The summed E-state index contributed by atoms with van der Waals surface area (Å²) in [5.41, 5.74) is 6.92. The molecule has 0 saturated carbocycles. The first-order valence-electron chi connectivity index (χ1n) is 12.4. The Balaban J connectivity index is 0.00000420. The fraction of sp³-hybridized carbons (Fsp3) is 0.407.